The van der Waals surface area contributed by atoms with E-state index in [9.17, 15) is 0 Å². The molecular formula is C15H18N2. The Hall–Kier alpha value is -1.83. The van der Waals surface area contributed by atoms with Crippen molar-refractivity contribution in [1.29, 1.82) is 0 Å². The highest BCUT2D eigenvalue weighted by molar-refractivity contribution is 5.38. The Morgan fingerprint density at radius 1 is 1.00 bits per heavy atom. The van der Waals surface area contributed by atoms with E-state index in [2.05, 4.69) is 48.4 Å². The normalized spacial score (nSPS) is 10.3. The summed E-state index contributed by atoms with van der Waals surface area (Å²) in [7, 11) is 0. The fourth-order valence-electron chi connectivity index (χ4n) is 1.68. The molecule has 0 aliphatic heterocycles. The smallest absolute Gasteiger partial charge is 0.126 e. The quantitative estimate of drug-likeness (QED) is 0.864. The molecule has 88 valence electrons. The standard InChI is InChI=1S/C15H18N2/c1-11-4-7-15(16-9-11)17-10-14-6-5-12(2)13(3)8-14/h4-9H,10H2,1-3H3,(H,16,17). The molecule has 0 aliphatic carbocycles. The number of pyridine rings is 1. The number of benzene rings is 1. The van der Waals surface area contributed by atoms with Crippen LogP contribution in [-0.4, -0.2) is 4.98 Å². The second-order valence-electron chi connectivity index (χ2n) is 4.49. The summed E-state index contributed by atoms with van der Waals surface area (Å²) in [5.74, 6) is 0.925. The van der Waals surface area contributed by atoms with Gasteiger partial charge in [-0.3, -0.25) is 0 Å². The van der Waals surface area contributed by atoms with Crippen molar-refractivity contribution in [2.45, 2.75) is 27.3 Å². The van der Waals surface area contributed by atoms with Crippen LogP contribution in [0.3, 0.4) is 0 Å². The Bertz CT molecular complexity index is 501. The average molecular weight is 226 g/mol. The van der Waals surface area contributed by atoms with E-state index < -0.39 is 0 Å². The van der Waals surface area contributed by atoms with Gasteiger partial charge in [-0.25, -0.2) is 4.98 Å². The third kappa shape index (κ3) is 3.06. The molecule has 0 aliphatic rings. The van der Waals surface area contributed by atoms with Gasteiger partial charge < -0.3 is 5.32 Å². The number of aromatic nitrogens is 1. The van der Waals surface area contributed by atoms with Crippen LogP contribution in [0, 0.1) is 20.8 Å². The van der Waals surface area contributed by atoms with Gasteiger partial charge in [-0.15, -0.1) is 0 Å². The first-order valence-electron chi connectivity index (χ1n) is 5.88. The zero-order valence-electron chi connectivity index (χ0n) is 10.6. The van der Waals surface area contributed by atoms with Gasteiger partial charge in [0.25, 0.3) is 0 Å². The summed E-state index contributed by atoms with van der Waals surface area (Å²) >= 11 is 0. The van der Waals surface area contributed by atoms with E-state index in [1.807, 2.05) is 19.2 Å². The highest BCUT2D eigenvalue weighted by atomic mass is 15.0. The Morgan fingerprint density at radius 2 is 1.82 bits per heavy atom. The van der Waals surface area contributed by atoms with Crippen LogP contribution < -0.4 is 5.32 Å². The molecule has 0 unspecified atom stereocenters. The van der Waals surface area contributed by atoms with E-state index in [-0.39, 0.29) is 0 Å². The van der Waals surface area contributed by atoms with E-state index in [0.29, 0.717) is 0 Å². The molecule has 0 saturated heterocycles. The van der Waals surface area contributed by atoms with Gasteiger partial charge in [0.1, 0.15) is 5.82 Å². The first-order chi connectivity index (χ1) is 8.15. The summed E-state index contributed by atoms with van der Waals surface area (Å²) in [4.78, 5) is 4.32. The van der Waals surface area contributed by atoms with Crippen molar-refractivity contribution in [1.82, 2.24) is 4.98 Å². The molecule has 1 N–H and O–H groups in total. The molecule has 1 aromatic heterocycles. The number of aryl methyl sites for hydroxylation is 3. The minimum Gasteiger partial charge on any atom is -0.366 e. The Kier molecular flexibility index (Phi) is 3.43. The zero-order chi connectivity index (χ0) is 12.3. The van der Waals surface area contributed by atoms with Gasteiger partial charge in [0.15, 0.2) is 0 Å². The van der Waals surface area contributed by atoms with Crippen LogP contribution in [0.15, 0.2) is 36.5 Å². The fraction of sp³-hybridized carbons (Fsp3) is 0.267. The van der Waals surface area contributed by atoms with Crippen molar-refractivity contribution < 1.29 is 0 Å². The summed E-state index contributed by atoms with van der Waals surface area (Å²) in [6.07, 6.45) is 1.88. The molecule has 1 heterocycles. The average Bonchev–Trinajstić information content (AvgIpc) is 2.33. The molecule has 0 bridgehead atoms. The number of hydrogen-bond donors (Lipinski definition) is 1. The van der Waals surface area contributed by atoms with E-state index in [1.165, 1.54) is 22.3 Å². The molecule has 0 atom stereocenters. The van der Waals surface area contributed by atoms with Crippen molar-refractivity contribution in [2.24, 2.45) is 0 Å². The lowest BCUT2D eigenvalue weighted by Crippen LogP contribution is -2.01. The summed E-state index contributed by atoms with van der Waals surface area (Å²) in [5.41, 5.74) is 5.14. The molecule has 2 rings (SSSR count). The summed E-state index contributed by atoms with van der Waals surface area (Å²) in [6, 6.07) is 10.6. The molecule has 2 aromatic rings. The SMILES string of the molecule is Cc1ccc(NCc2ccc(C)c(C)c2)nc1. The van der Waals surface area contributed by atoms with Gasteiger partial charge in [-0.2, -0.15) is 0 Å². The van der Waals surface area contributed by atoms with Gasteiger partial charge >= 0.3 is 0 Å². The minimum atomic E-state index is 0.817. The number of nitrogens with zero attached hydrogens (tertiary/aromatic N) is 1. The van der Waals surface area contributed by atoms with Crippen LogP contribution in [0.1, 0.15) is 22.3 Å². The number of hydrogen-bond acceptors (Lipinski definition) is 2. The van der Waals surface area contributed by atoms with E-state index in [1.54, 1.807) is 0 Å². The van der Waals surface area contributed by atoms with Gasteiger partial charge in [-0.1, -0.05) is 24.3 Å². The van der Waals surface area contributed by atoms with Crippen LogP contribution in [0.4, 0.5) is 5.82 Å². The third-order valence-corrected chi connectivity index (χ3v) is 2.96. The third-order valence-electron chi connectivity index (χ3n) is 2.96. The van der Waals surface area contributed by atoms with Gasteiger partial charge in [0, 0.05) is 12.7 Å². The van der Waals surface area contributed by atoms with Crippen molar-refractivity contribution >= 4 is 5.82 Å². The Balaban J connectivity index is 2.02. The molecule has 0 spiro atoms. The maximum Gasteiger partial charge on any atom is 0.126 e. The fourth-order valence-corrected chi connectivity index (χ4v) is 1.68. The molecule has 1 aromatic carbocycles. The van der Waals surface area contributed by atoms with Crippen molar-refractivity contribution in [2.75, 3.05) is 5.32 Å². The van der Waals surface area contributed by atoms with Crippen LogP contribution in [0.25, 0.3) is 0 Å². The van der Waals surface area contributed by atoms with Crippen LogP contribution in [-0.2, 0) is 6.54 Å². The minimum absolute atomic E-state index is 0.817. The molecule has 0 fully saturated rings. The molecule has 0 radical (unpaired) electrons. The zero-order valence-corrected chi connectivity index (χ0v) is 10.6. The predicted molar refractivity (Wildman–Crippen MR) is 72.2 cm³/mol. The monoisotopic (exact) mass is 226 g/mol. The first kappa shape index (κ1) is 11.6. The largest absolute Gasteiger partial charge is 0.366 e. The molecule has 0 amide bonds. The summed E-state index contributed by atoms with van der Waals surface area (Å²) in [6.45, 7) is 7.13. The molecule has 0 saturated carbocycles. The van der Waals surface area contributed by atoms with Crippen molar-refractivity contribution in [3.63, 3.8) is 0 Å². The predicted octanol–water partition coefficient (Wildman–Crippen LogP) is 3.62. The Morgan fingerprint density at radius 3 is 2.47 bits per heavy atom. The maximum absolute atomic E-state index is 4.32. The molecular weight excluding hydrogens is 208 g/mol. The number of anilines is 1. The van der Waals surface area contributed by atoms with Gasteiger partial charge in [-0.05, 0) is 49.1 Å². The number of nitrogens with one attached hydrogen (secondary N) is 1. The van der Waals surface area contributed by atoms with E-state index in [0.717, 1.165) is 12.4 Å². The lowest BCUT2D eigenvalue weighted by Gasteiger charge is -2.08. The number of rotatable bonds is 3. The van der Waals surface area contributed by atoms with Crippen molar-refractivity contribution in [3.8, 4) is 0 Å². The van der Waals surface area contributed by atoms with Gasteiger partial charge in [0.05, 0.1) is 0 Å². The lowest BCUT2D eigenvalue weighted by molar-refractivity contribution is 1.09. The summed E-state index contributed by atoms with van der Waals surface area (Å²) < 4.78 is 0. The maximum atomic E-state index is 4.32. The molecule has 2 nitrogen and oxygen atoms in total. The van der Waals surface area contributed by atoms with Gasteiger partial charge in [0.2, 0.25) is 0 Å². The molecule has 17 heavy (non-hydrogen) atoms. The Labute approximate surface area is 103 Å². The molecule has 2 heteroatoms. The van der Waals surface area contributed by atoms with E-state index in [4.69, 9.17) is 0 Å². The van der Waals surface area contributed by atoms with Crippen LogP contribution in [0.2, 0.25) is 0 Å². The second-order valence-corrected chi connectivity index (χ2v) is 4.49. The first-order valence-corrected chi connectivity index (χ1v) is 5.88. The highest BCUT2D eigenvalue weighted by Gasteiger charge is 1.97. The lowest BCUT2D eigenvalue weighted by atomic mass is 10.1. The highest BCUT2D eigenvalue weighted by Crippen LogP contribution is 2.11. The van der Waals surface area contributed by atoms with E-state index >= 15 is 0 Å². The topological polar surface area (TPSA) is 24.9 Å². The van der Waals surface area contributed by atoms with Crippen molar-refractivity contribution in [3.05, 3.63) is 58.8 Å². The second kappa shape index (κ2) is 5.00. The summed E-state index contributed by atoms with van der Waals surface area (Å²) in [5, 5.41) is 3.32. The van der Waals surface area contributed by atoms with Crippen LogP contribution in [0.5, 0.6) is 0 Å². The van der Waals surface area contributed by atoms with Crippen LogP contribution >= 0.6 is 0 Å².